The lowest BCUT2D eigenvalue weighted by molar-refractivity contribution is -0.134. The van der Waals surface area contributed by atoms with Crippen LogP contribution >= 0.6 is 0 Å². The molecule has 0 bridgehead atoms. The van der Waals surface area contributed by atoms with Crippen LogP contribution in [-0.2, 0) is 9.53 Å². The van der Waals surface area contributed by atoms with Gasteiger partial charge in [0.15, 0.2) is 0 Å². The van der Waals surface area contributed by atoms with E-state index < -0.39 is 12.4 Å². The van der Waals surface area contributed by atoms with Crippen molar-refractivity contribution in [2.45, 2.75) is 6.43 Å². The average Bonchev–Trinajstić information content (AvgIpc) is 2.26. The van der Waals surface area contributed by atoms with Crippen molar-refractivity contribution in [2.75, 3.05) is 7.11 Å². The van der Waals surface area contributed by atoms with Gasteiger partial charge < -0.3 is 4.74 Å². The van der Waals surface area contributed by atoms with Crippen LogP contribution < -0.4 is 0 Å². The second kappa shape index (κ2) is 5.24. The predicted molar refractivity (Wildman–Crippen MR) is 52.4 cm³/mol. The van der Waals surface area contributed by atoms with Crippen LogP contribution in [0.3, 0.4) is 0 Å². The molecule has 15 heavy (non-hydrogen) atoms. The lowest BCUT2D eigenvalue weighted by Crippen LogP contribution is -2.02. The van der Waals surface area contributed by atoms with Crippen molar-refractivity contribution in [2.24, 2.45) is 0 Å². The normalized spacial score (nSPS) is 11.6. The number of ether oxygens (including phenoxy) is 1. The molecule has 0 aliphatic rings. The molecule has 1 aromatic carbocycles. The Morgan fingerprint density at radius 2 is 1.93 bits per heavy atom. The van der Waals surface area contributed by atoms with Gasteiger partial charge in [-0.2, -0.15) is 0 Å². The molecular weight excluding hydrogens is 202 g/mol. The molecule has 1 aromatic rings. The van der Waals surface area contributed by atoms with Gasteiger partial charge in [0.2, 0.25) is 0 Å². The van der Waals surface area contributed by atoms with E-state index in [2.05, 4.69) is 4.74 Å². The van der Waals surface area contributed by atoms with Gasteiger partial charge in [0, 0.05) is 11.6 Å². The van der Waals surface area contributed by atoms with E-state index in [1.807, 2.05) is 0 Å². The Bertz CT molecular complexity index is 358. The summed E-state index contributed by atoms with van der Waals surface area (Å²) in [7, 11) is 1.15. The number of methoxy groups -OCH3 is 1. The summed E-state index contributed by atoms with van der Waals surface area (Å²) in [6, 6.07) is 8.00. The predicted octanol–water partition coefficient (Wildman–Crippen LogP) is 2.51. The molecule has 1 rings (SSSR count). The number of allylic oxidation sites excluding steroid dienone is 1. The quantitative estimate of drug-likeness (QED) is 0.568. The van der Waals surface area contributed by atoms with Gasteiger partial charge in [0.25, 0.3) is 6.43 Å². The van der Waals surface area contributed by atoms with Gasteiger partial charge in [0.1, 0.15) is 0 Å². The summed E-state index contributed by atoms with van der Waals surface area (Å²) in [5.41, 5.74) is -0.0136. The SMILES string of the molecule is COC(=O)C=C(c1ccccc1)C(F)F. The summed E-state index contributed by atoms with van der Waals surface area (Å²) in [6.07, 6.45) is -1.90. The van der Waals surface area contributed by atoms with E-state index in [1.54, 1.807) is 18.2 Å². The fourth-order valence-electron chi connectivity index (χ4n) is 1.09. The van der Waals surface area contributed by atoms with Crippen molar-refractivity contribution < 1.29 is 18.3 Å². The summed E-state index contributed by atoms with van der Waals surface area (Å²) in [4.78, 5) is 10.9. The van der Waals surface area contributed by atoms with Gasteiger partial charge in [0.05, 0.1) is 7.11 Å². The topological polar surface area (TPSA) is 26.3 Å². The van der Waals surface area contributed by atoms with Crippen LogP contribution in [-0.4, -0.2) is 19.5 Å². The molecule has 0 saturated carbocycles. The first kappa shape index (κ1) is 11.4. The fraction of sp³-hybridized carbons (Fsp3) is 0.182. The van der Waals surface area contributed by atoms with Crippen LogP contribution in [0.1, 0.15) is 5.56 Å². The highest BCUT2D eigenvalue weighted by Gasteiger charge is 2.14. The maximum atomic E-state index is 12.6. The Kier molecular flexibility index (Phi) is 3.97. The highest BCUT2D eigenvalue weighted by atomic mass is 19.3. The Labute approximate surface area is 86.2 Å². The van der Waals surface area contributed by atoms with E-state index in [-0.39, 0.29) is 5.57 Å². The zero-order valence-electron chi connectivity index (χ0n) is 8.11. The van der Waals surface area contributed by atoms with Gasteiger partial charge in [-0.25, -0.2) is 13.6 Å². The lowest BCUT2D eigenvalue weighted by Gasteiger charge is -2.05. The number of benzene rings is 1. The van der Waals surface area contributed by atoms with Crippen LogP contribution in [0.15, 0.2) is 36.4 Å². The Morgan fingerprint density at radius 1 is 1.33 bits per heavy atom. The fourth-order valence-corrected chi connectivity index (χ4v) is 1.09. The van der Waals surface area contributed by atoms with Crippen LogP contribution in [0.2, 0.25) is 0 Å². The minimum absolute atomic E-state index is 0.318. The summed E-state index contributed by atoms with van der Waals surface area (Å²) in [5.74, 6) is -0.783. The van der Waals surface area contributed by atoms with Crippen molar-refractivity contribution in [1.82, 2.24) is 0 Å². The van der Waals surface area contributed by atoms with E-state index in [9.17, 15) is 13.6 Å². The van der Waals surface area contributed by atoms with E-state index in [1.165, 1.54) is 12.1 Å². The first-order chi connectivity index (χ1) is 7.15. The number of hydrogen-bond acceptors (Lipinski definition) is 2. The van der Waals surface area contributed by atoms with Crippen molar-refractivity contribution in [3.8, 4) is 0 Å². The third-order valence-corrected chi connectivity index (χ3v) is 1.82. The molecule has 0 aliphatic carbocycles. The van der Waals surface area contributed by atoms with Gasteiger partial charge in [-0.1, -0.05) is 30.3 Å². The Hall–Kier alpha value is -1.71. The average molecular weight is 212 g/mol. The van der Waals surface area contributed by atoms with Crippen molar-refractivity contribution >= 4 is 11.5 Å². The molecule has 0 fully saturated rings. The zero-order valence-corrected chi connectivity index (χ0v) is 8.11. The molecular formula is C11H10F2O2. The molecule has 4 heteroatoms. The number of carbonyl (C=O) groups excluding carboxylic acids is 1. The monoisotopic (exact) mass is 212 g/mol. The second-order valence-corrected chi connectivity index (χ2v) is 2.79. The van der Waals surface area contributed by atoms with Crippen molar-refractivity contribution in [3.63, 3.8) is 0 Å². The maximum absolute atomic E-state index is 12.6. The molecule has 0 amide bonds. The lowest BCUT2D eigenvalue weighted by atomic mass is 10.1. The zero-order chi connectivity index (χ0) is 11.3. The number of halogens is 2. The third kappa shape index (κ3) is 3.16. The van der Waals surface area contributed by atoms with Crippen molar-refractivity contribution in [3.05, 3.63) is 42.0 Å². The molecule has 0 saturated heterocycles. The van der Waals surface area contributed by atoms with Crippen LogP contribution in [0.25, 0.3) is 5.57 Å². The molecule has 2 nitrogen and oxygen atoms in total. The van der Waals surface area contributed by atoms with E-state index in [4.69, 9.17) is 0 Å². The van der Waals surface area contributed by atoms with Gasteiger partial charge >= 0.3 is 5.97 Å². The summed E-state index contributed by atoms with van der Waals surface area (Å²) >= 11 is 0. The molecule has 0 spiro atoms. The first-order valence-corrected chi connectivity index (χ1v) is 4.28. The number of esters is 1. The van der Waals surface area contributed by atoms with Crippen LogP contribution in [0.4, 0.5) is 8.78 Å². The molecule has 80 valence electrons. The molecule has 0 radical (unpaired) electrons. The van der Waals surface area contributed by atoms with E-state index in [0.717, 1.165) is 13.2 Å². The number of hydrogen-bond donors (Lipinski definition) is 0. The smallest absolute Gasteiger partial charge is 0.330 e. The summed E-state index contributed by atoms with van der Waals surface area (Å²) < 4.78 is 29.5. The second-order valence-electron chi connectivity index (χ2n) is 2.79. The molecule has 0 atom stereocenters. The molecule has 0 N–H and O–H groups in total. The van der Waals surface area contributed by atoms with Crippen LogP contribution in [0, 0.1) is 0 Å². The molecule has 0 aliphatic heterocycles. The largest absolute Gasteiger partial charge is 0.466 e. The van der Waals surface area contributed by atoms with Gasteiger partial charge in [-0.3, -0.25) is 0 Å². The molecule has 0 aromatic heterocycles. The van der Waals surface area contributed by atoms with E-state index >= 15 is 0 Å². The number of carbonyl (C=O) groups is 1. The molecule has 0 unspecified atom stereocenters. The summed E-state index contributed by atoms with van der Waals surface area (Å²) in [5, 5.41) is 0. The minimum Gasteiger partial charge on any atom is -0.466 e. The van der Waals surface area contributed by atoms with Gasteiger partial charge in [-0.15, -0.1) is 0 Å². The molecule has 0 heterocycles. The summed E-state index contributed by atoms with van der Waals surface area (Å²) in [6.45, 7) is 0. The third-order valence-electron chi connectivity index (χ3n) is 1.82. The highest BCUT2D eigenvalue weighted by Crippen LogP contribution is 2.21. The Balaban J connectivity index is 3.04. The Morgan fingerprint density at radius 3 is 2.40 bits per heavy atom. The number of rotatable bonds is 3. The first-order valence-electron chi connectivity index (χ1n) is 4.28. The standard InChI is InChI=1S/C11H10F2O2/c1-15-10(14)7-9(11(12)13)8-5-3-2-4-6-8/h2-7,11H,1H3. The van der Waals surface area contributed by atoms with Crippen LogP contribution in [0.5, 0.6) is 0 Å². The number of alkyl halides is 2. The van der Waals surface area contributed by atoms with E-state index in [0.29, 0.717) is 5.56 Å². The maximum Gasteiger partial charge on any atom is 0.330 e. The highest BCUT2D eigenvalue weighted by molar-refractivity contribution is 5.91. The minimum atomic E-state index is -2.70. The van der Waals surface area contributed by atoms with Gasteiger partial charge in [-0.05, 0) is 5.56 Å². The van der Waals surface area contributed by atoms with Crippen molar-refractivity contribution in [1.29, 1.82) is 0 Å².